The maximum atomic E-state index is 12.7. The van der Waals surface area contributed by atoms with Crippen LogP contribution in [-0.2, 0) is 4.79 Å². The van der Waals surface area contributed by atoms with E-state index in [0.717, 1.165) is 6.42 Å². The fraction of sp³-hybridized carbons (Fsp3) is 0.867. The Hall–Kier alpha value is -1.30. The molecular formula is C15H27N3O3. The van der Waals surface area contributed by atoms with Crippen LogP contribution < -0.4 is 0 Å². The Morgan fingerprint density at radius 2 is 1.71 bits per heavy atom. The minimum Gasteiger partial charge on any atom is -0.481 e. The van der Waals surface area contributed by atoms with Crippen molar-refractivity contribution >= 4 is 12.0 Å². The standard InChI is InChI=1S/C15H27N3O3/c1-11-8-18(9-12(2)16(11)4)14(21)17-7-5-6-15(3,10-17)13(19)20/h11-12H,5-10H2,1-4H3,(H,19,20). The van der Waals surface area contributed by atoms with Crippen LogP contribution in [0.3, 0.4) is 0 Å². The number of carboxylic acid groups (broad SMARTS) is 1. The zero-order valence-electron chi connectivity index (χ0n) is 13.5. The number of hydrogen-bond acceptors (Lipinski definition) is 3. The van der Waals surface area contributed by atoms with Crippen LogP contribution in [0, 0.1) is 5.41 Å². The average molecular weight is 297 g/mol. The Morgan fingerprint density at radius 3 is 2.24 bits per heavy atom. The number of likely N-dealkylation sites (N-methyl/N-ethyl adjacent to an activating group) is 1. The number of carbonyl (C=O) groups is 2. The lowest BCUT2D eigenvalue weighted by atomic mass is 9.82. The van der Waals surface area contributed by atoms with E-state index in [0.29, 0.717) is 44.7 Å². The van der Waals surface area contributed by atoms with Crippen LogP contribution in [0.1, 0.15) is 33.6 Å². The molecule has 1 N–H and O–H groups in total. The second-order valence-corrected chi connectivity index (χ2v) is 6.94. The molecule has 2 rings (SSSR count). The summed E-state index contributed by atoms with van der Waals surface area (Å²) >= 11 is 0. The van der Waals surface area contributed by atoms with Crippen molar-refractivity contribution in [3.8, 4) is 0 Å². The third kappa shape index (κ3) is 3.15. The predicted octanol–water partition coefficient (Wildman–Crippen LogP) is 1.32. The monoisotopic (exact) mass is 297 g/mol. The fourth-order valence-electron chi connectivity index (χ4n) is 3.34. The van der Waals surface area contributed by atoms with Crippen molar-refractivity contribution in [1.29, 1.82) is 0 Å². The van der Waals surface area contributed by atoms with Gasteiger partial charge in [-0.25, -0.2) is 4.79 Å². The summed E-state index contributed by atoms with van der Waals surface area (Å²) < 4.78 is 0. The molecule has 6 heteroatoms. The van der Waals surface area contributed by atoms with E-state index in [1.165, 1.54) is 0 Å². The highest BCUT2D eigenvalue weighted by Crippen LogP contribution is 2.30. The van der Waals surface area contributed by atoms with Gasteiger partial charge in [0.25, 0.3) is 0 Å². The van der Waals surface area contributed by atoms with Crippen molar-refractivity contribution in [2.45, 2.75) is 45.7 Å². The van der Waals surface area contributed by atoms with E-state index in [9.17, 15) is 14.7 Å². The van der Waals surface area contributed by atoms with E-state index < -0.39 is 11.4 Å². The molecule has 120 valence electrons. The molecule has 0 aromatic carbocycles. The summed E-state index contributed by atoms with van der Waals surface area (Å²) in [6, 6.07) is 0.649. The minimum absolute atomic E-state index is 0.00558. The number of rotatable bonds is 1. The molecular weight excluding hydrogens is 270 g/mol. The van der Waals surface area contributed by atoms with Gasteiger partial charge in [0.2, 0.25) is 0 Å². The number of aliphatic carboxylic acids is 1. The third-order valence-electron chi connectivity index (χ3n) is 5.11. The molecule has 0 radical (unpaired) electrons. The second-order valence-electron chi connectivity index (χ2n) is 6.94. The number of carboxylic acids is 1. The summed E-state index contributed by atoms with van der Waals surface area (Å²) in [6.45, 7) is 8.37. The van der Waals surface area contributed by atoms with Crippen LogP contribution in [0.2, 0.25) is 0 Å². The van der Waals surface area contributed by atoms with Gasteiger partial charge in [-0.05, 0) is 40.7 Å². The van der Waals surface area contributed by atoms with Gasteiger partial charge in [0.15, 0.2) is 0 Å². The van der Waals surface area contributed by atoms with Gasteiger partial charge >= 0.3 is 12.0 Å². The topological polar surface area (TPSA) is 64.1 Å². The lowest BCUT2D eigenvalue weighted by molar-refractivity contribution is -0.150. The minimum atomic E-state index is -0.808. The summed E-state index contributed by atoms with van der Waals surface area (Å²) in [5, 5.41) is 9.37. The highest BCUT2D eigenvalue weighted by molar-refractivity contribution is 5.78. The summed E-state index contributed by atoms with van der Waals surface area (Å²) in [5.74, 6) is -0.805. The highest BCUT2D eigenvalue weighted by Gasteiger charge is 2.41. The van der Waals surface area contributed by atoms with Gasteiger partial charge < -0.3 is 14.9 Å². The predicted molar refractivity (Wildman–Crippen MR) is 80.2 cm³/mol. The Labute approximate surface area is 126 Å². The zero-order valence-corrected chi connectivity index (χ0v) is 13.5. The SMILES string of the molecule is CC1CN(C(=O)N2CCCC(C)(C(=O)O)C2)CC(C)N1C. The maximum Gasteiger partial charge on any atom is 0.320 e. The Morgan fingerprint density at radius 1 is 1.14 bits per heavy atom. The van der Waals surface area contributed by atoms with Crippen molar-refractivity contribution < 1.29 is 14.7 Å². The van der Waals surface area contributed by atoms with E-state index in [2.05, 4.69) is 25.8 Å². The molecule has 2 amide bonds. The van der Waals surface area contributed by atoms with Gasteiger partial charge in [0.1, 0.15) is 0 Å². The molecule has 0 bridgehead atoms. The van der Waals surface area contributed by atoms with E-state index in [1.807, 2.05) is 4.90 Å². The van der Waals surface area contributed by atoms with Gasteiger partial charge in [-0.1, -0.05) is 0 Å². The number of likely N-dealkylation sites (tertiary alicyclic amines) is 1. The molecule has 21 heavy (non-hydrogen) atoms. The first-order valence-corrected chi connectivity index (χ1v) is 7.74. The smallest absolute Gasteiger partial charge is 0.320 e. The number of piperazine rings is 1. The molecule has 0 aromatic heterocycles. The summed E-state index contributed by atoms with van der Waals surface area (Å²) in [7, 11) is 2.08. The van der Waals surface area contributed by atoms with E-state index >= 15 is 0 Å². The second kappa shape index (κ2) is 5.83. The maximum absolute atomic E-state index is 12.7. The van der Waals surface area contributed by atoms with Crippen LogP contribution in [-0.4, -0.2) is 77.1 Å². The molecule has 0 aromatic rings. The van der Waals surface area contributed by atoms with E-state index in [4.69, 9.17) is 0 Å². The fourth-order valence-corrected chi connectivity index (χ4v) is 3.34. The Bertz CT molecular complexity index is 416. The quantitative estimate of drug-likeness (QED) is 0.793. The van der Waals surface area contributed by atoms with Crippen LogP contribution in [0.4, 0.5) is 4.79 Å². The number of urea groups is 1. The van der Waals surface area contributed by atoms with Gasteiger partial charge in [-0.15, -0.1) is 0 Å². The van der Waals surface area contributed by atoms with Crippen molar-refractivity contribution in [2.24, 2.45) is 5.41 Å². The average Bonchev–Trinajstić information content (AvgIpc) is 2.43. The number of nitrogens with zero attached hydrogens (tertiary/aromatic N) is 3. The molecule has 2 aliphatic rings. The largest absolute Gasteiger partial charge is 0.481 e. The van der Waals surface area contributed by atoms with Crippen molar-refractivity contribution in [3.63, 3.8) is 0 Å². The Kier molecular flexibility index (Phi) is 4.46. The molecule has 0 aliphatic carbocycles. The van der Waals surface area contributed by atoms with Gasteiger partial charge in [0, 0.05) is 38.3 Å². The lowest BCUT2D eigenvalue weighted by Gasteiger charge is -2.45. The number of carbonyl (C=O) groups excluding carboxylic acids is 1. The van der Waals surface area contributed by atoms with E-state index in [1.54, 1.807) is 11.8 Å². The molecule has 2 fully saturated rings. The molecule has 2 heterocycles. The van der Waals surface area contributed by atoms with Crippen LogP contribution in [0.25, 0.3) is 0 Å². The number of piperidine rings is 1. The van der Waals surface area contributed by atoms with Crippen molar-refractivity contribution in [2.75, 3.05) is 33.2 Å². The first kappa shape index (κ1) is 16.1. The molecule has 6 nitrogen and oxygen atoms in total. The van der Waals surface area contributed by atoms with Crippen molar-refractivity contribution in [1.82, 2.24) is 14.7 Å². The van der Waals surface area contributed by atoms with Gasteiger partial charge in [-0.2, -0.15) is 0 Å². The Balaban J connectivity index is 2.04. The molecule has 2 saturated heterocycles. The third-order valence-corrected chi connectivity index (χ3v) is 5.11. The molecule has 0 saturated carbocycles. The first-order chi connectivity index (χ1) is 9.74. The van der Waals surface area contributed by atoms with E-state index in [-0.39, 0.29) is 6.03 Å². The van der Waals surface area contributed by atoms with Crippen LogP contribution in [0.15, 0.2) is 0 Å². The summed E-state index contributed by atoms with van der Waals surface area (Å²) in [5.41, 5.74) is -0.808. The van der Waals surface area contributed by atoms with Crippen LogP contribution >= 0.6 is 0 Å². The summed E-state index contributed by atoms with van der Waals surface area (Å²) in [6.07, 6.45) is 1.40. The molecule has 0 spiro atoms. The highest BCUT2D eigenvalue weighted by atomic mass is 16.4. The summed E-state index contributed by atoms with van der Waals surface area (Å²) in [4.78, 5) is 30.0. The number of hydrogen-bond donors (Lipinski definition) is 1. The first-order valence-electron chi connectivity index (χ1n) is 7.74. The van der Waals surface area contributed by atoms with Gasteiger partial charge in [0.05, 0.1) is 5.41 Å². The normalized spacial score (nSPS) is 34.9. The zero-order chi connectivity index (χ0) is 15.8. The van der Waals surface area contributed by atoms with Gasteiger partial charge in [-0.3, -0.25) is 9.69 Å². The van der Waals surface area contributed by atoms with Crippen molar-refractivity contribution in [3.05, 3.63) is 0 Å². The lowest BCUT2D eigenvalue weighted by Crippen LogP contribution is -2.60. The van der Waals surface area contributed by atoms with Crippen LogP contribution in [0.5, 0.6) is 0 Å². The number of amides is 2. The molecule has 3 atom stereocenters. The molecule has 3 unspecified atom stereocenters. The molecule has 2 aliphatic heterocycles.